The molecule has 0 fully saturated rings. The van der Waals surface area contributed by atoms with Crippen molar-refractivity contribution in [2.24, 2.45) is 0 Å². The number of benzene rings is 8. The maximum Gasteiger partial charge on any atom is 0.160 e. The molecule has 12 rings (SSSR count). The van der Waals surface area contributed by atoms with Gasteiger partial charge in [-0.1, -0.05) is 170 Å². The average molecular weight is 729 g/mol. The van der Waals surface area contributed by atoms with E-state index in [1.54, 1.807) is 0 Å². The van der Waals surface area contributed by atoms with Gasteiger partial charge in [-0.05, 0) is 79.9 Å². The lowest BCUT2D eigenvalue weighted by atomic mass is 9.70. The largest absolute Gasteiger partial charge is 0.228 e. The van der Waals surface area contributed by atoms with Crippen LogP contribution in [0.1, 0.15) is 22.3 Å². The molecule has 0 saturated carbocycles. The first-order valence-electron chi connectivity index (χ1n) is 19.2. The maximum absolute atomic E-state index is 5.45. The van der Waals surface area contributed by atoms with Gasteiger partial charge >= 0.3 is 0 Å². The van der Waals surface area contributed by atoms with Crippen LogP contribution in [0.5, 0.6) is 0 Å². The van der Waals surface area contributed by atoms with Crippen molar-refractivity contribution >= 4 is 31.5 Å². The summed E-state index contributed by atoms with van der Waals surface area (Å²) in [5.74, 6) is 0.715. The van der Waals surface area contributed by atoms with Crippen molar-refractivity contribution in [1.82, 2.24) is 9.97 Å². The van der Waals surface area contributed by atoms with Crippen LogP contribution in [0.25, 0.3) is 87.5 Å². The monoisotopic (exact) mass is 728 g/mol. The molecule has 0 bridgehead atoms. The molecule has 0 radical (unpaired) electrons. The molecule has 1 spiro atoms. The highest BCUT2D eigenvalue weighted by atomic mass is 32.1. The van der Waals surface area contributed by atoms with Crippen molar-refractivity contribution in [3.8, 4) is 67.3 Å². The van der Waals surface area contributed by atoms with E-state index in [-0.39, 0.29) is 0 Å². The standard InChI is InChI=1S/C53H32N2S/c1-3-15-33(16-4-1)46-32-47(55-52(54-46)34-17-5-2-6-18-34)50-36(29-30-49-51(50)41-22-10-14-26-48(41)56-49)35-27-28-40-39-21-9-13-25-44(39)53(45(40)31-35)42-23-11-7-19-37(42)38-20-8-12-24-43(38)53/h1-32H. The molecule has 2 heterocycles. The van der Waals surface area contributed by atoms with Gasteiger partial charge in [-0.3, -0.25) is 0 Å². The zero-order valence-electron chi connectivity index (χ0n) is 30.3. The van der Waals surface area contributed by atoms with Gasteiger partial charge < -0.3 is 0 Å². The summed E-state index contributed by atoms with van der Waals surface area (Å²) in [6.45, 7) is 0. The molecule has 56 heavy (non-hydrogen) atoms. The first kappa shape index (κ1) is 31.4. The van der Waals surface area contributed by atoms with Crippen LogP contribution in [0.4, 0.5) is 0 Å². The van der Waals surface area contributed by atoms with Crippen LogP contribution in [0.3, 0.4) is 0 Å². The zero-order valence-corrected chi connectivity index (χ0v) is 31.1. The zero-order chi connectivity index (χ0) is 36.8. The highest BCUT2D eigenvalue weighted by molar-refractivity contribution is 7.26. The number of rotatable bonds is 4. The highest BCUT2D eigenvalue weighted by Gasteiger charge is 2.51. The third kappa shape index (κ3) is 4.38. The van der Waals surface area contributed by atoms with E-state index in [2.05, 4.69) is 188 Å². The molecule has 0 aliphatic heterocycles. The van der Waals surface area contributed by atoms with Crippen LogP contribution < -0.4 is 0 Å². The van der Waals surface area contributed by atoms with E-state index >= 15 is 0 Å². The molecule has 0 saturated heterocycles. The third-order valence-electron chi connectivity index (χ3n) is 11.9. The molecule has 0 N–H and O–H groups in total. The fourth-order valence-electron chi connectivity index (χ4n) is 9.63. The Balaban J connectivity index is 1.18. The molecule has 10 aromatic rings. The first-order valence-corrected chi connectivity index (χ1v) is 20.0. The van der Waals surface area contributed by atoms with Gasteiger partial charge in [-0.15, -0.1) is 11.3 Å². The van der Waals surface area contributed by atoms with Crippen LogP contribution in [-0.4, -0.2) is 9.97 Å². The lowest BCUT2D eigenvalue weighted by Crippen LogP contribution is -2.25. The van der Waals surface area contributed by atoms with Gasteiger partial charge in [-0.2, -0.15) is 0 Å². The SMILES string of the molecule is c1ccc(-c2cc(-c3c(-c4ccc5c(c4)C4(c6ccccc6-c6ccccc64)c4ccccc4-5)ccc4sc5ccccc5c34)nc(-c3ccccc3)n2)cc1. The minimum Gasteiger partial charge on any atom is -0.228 e. The topological polar surface area (TPSA) is 25.8 Å². The van der Waals surface area contributed by atoms with Crippen LogP contribution in [0.15, 0.2) is 194 Å². The summed E-state index contributed by atoms with van der Waals surface area (Å²) in [4.78, 5) is 10.6. The summed E-state index contributed by atoms with van der Waals surface area (Å²) in [7, 11) is 0. The molecule has 2 aliphatic rings. The first-order chi connectivity index (χ1) is 27.8. The van der Waals surface area contributed by atoms with Crippen molar-refractivity contribution in [2.45, 2.75) is 5.41 Å². The molecule has 2 aromatic heterocycles. The molecular weight excluding hydrogens is 697 g/mol. The maximum atomic E-state index is 5.45. The van der Waals surface area contributed by atoms with E-state index < -0.39 is 5.41 Å². The second-order valence-corrected chi connectivity index (χ2v) is 15.9. The number of hydrogen-bond acceptors (Lipinski definition) is 3. The molecule has 2 nitrogen and oxygen atoms in total. The Morgan fingerprint density at radius 3 is 1.57 bits per heavy atom. The summed E-state index contributed by atoms with van der Waals surface area (Å²) in [5.41, 5.74) is 17.5. The van der Waals surface area contributed by atoms with E-state index in [1.165, 1.54) is 70.2 Å². The summed E-state index contributed by atoms with van der Waals surface area (Å²) in [6.07, 6.45) is 0. The van der Waals surface area contributed by atoms with Crippen molar-refractivity contribution in [3.05, 3.63) is 216 Å². The molecule has 2 aliphatic carbocycles. The molecule has 0 unspecified atom stereocenters. The van der Waals surface area contributed by atoms with Crippen molar-refractivity contribution in [3.63, 3.8) is 0 Å². The van der Waals surface area contributed by atoms with Gasteiger partial charge in [0.15, 0.2) is 5.82 Å². The Labute approximate surface area is 329 Å². The molecule has 0 atom stereocenters. The normalized spacial score (nSPS) is 13.1. The Morgan fingerprint density at radius 2 is 0.893 bits per heavy atom. The van der Waals surface area contributed by atoms with Crippen molar-refractivity contribution in [2.75, 3.05) is 0 Å². The van der Waals surface area contributed by atoms with E-state index in [9.17, 15) is 0 Å². The predicted molar refractivity (Wildman–Crippen MR) is 233 cm³/mol. The average Bonchev–Trinajstić information content (AvgIpc) is 3.90. The second kappa shape index (κ2) is 12.0. The molecule has 260 valence electrons. The van der Waals surface area contributed by atoms with Gasteiger partial charge in [0.25, 0.3) is 0 Å². The van der Waals surface area contributed by atoms with Gasteiger partial charge in [0, 0.05) is 36.9 Å². The summed E-state index contributed by atoms with van der Waals surface area (Å²) >= 11 is 1.84. The Bertz CT molecular complexity index is 3080. The second-order valence-electron chi connectivity index (χ2n) is 14.8. The van der Waals surface area contributed by atoms with E-state index in [1.807, 2.05) is 17.4 Å². The quantitative estimate of drug-likeness (QED) is 0.180. The van der Waals surface area contributed by atoms with E-state index in [0.717, 1.165) is 33.6 Å². The van der Waals surface area contributed by atoms with E-state index in [0.29, 0.717) is 5.82 Å². The lowest BCUT2D eigenvalue weighted by Gasteiger charge is -2.30. The number of aromatic nitrogens is 2. The number of hydrogen-bond donors (Lipinski definition) is 0. The predicted octanol–water partition coefficient (Wildman–Crippen LogP) is 13.9. The number of thiophene rings is 1. The van der Waals surface area contributed by atoms with Crippen LogP contribution in [-0.2, 0) is 5.41 Å². The van der Waals surface area contributed by atoms with Crippen molar-refractivity contribution in [1.29, 1.82) is 0 Å². The van der Waals surface area contributed by atoms with Gasteiger partial charge in [-0.25, -0.2) is 9.97 Å². The third-order valence-corrected chi connectivity index (χ3v) is 13.1. The fraction of sp³-hybridized carbons (Fsp3) is 0.0189. The van der Waals surface area contributed by atoms with Gasteiger partial charge in [0.1, 0.15) is 0 Å². The molecule has 8 aromatic carbocycles. The van der Waals surface area contributed by atoms with Gasteiger partial charge in [0.05, 0.1) is 16.8 Å². The van der Waals surface area contributed by atoms with Crippen LogP contribution in [0.2, 0.25) is 0 Å². The fourth-order valence-corrected chi connectivity index (χ4v) is 10.7. The van der Waals surface area contributed by atoms with E-state index in [4.69, 9.17) is 9.97 Å². The Kier molecular flexibility index (Phi) is 6.75. The molecule has 0 amide bonds. The lowest BCUT2D eigenvalue weighted by molar-refractivity contribution is 0.794. The summed E-state index contributed by atoms with van der Waals surface area (Å²) in [5, 5.41) is 2.48. The van der Waals surface area contributed by atoms with Crippen molar-refractivity contribution < 1.29 is 0 Å². The smallest absolute Gasteiger partial charge is 0.160 e. The van der Waals surface area contributed by atoms with Crippen LogP contribution in [0, 0.1) is 0 Å². The molecule has 3 heteroatoms. The van der Waals surface area contributed by atoms with Crippen LogP contribution >= 0.6 is 11.3 Å². The summed E-state index contributed by atoms with van der Waals surface area (Å²) < 4.78 is 2.51. The number of nitrogens with zero attached hydrogens (tertiary/aromatic N) is 2. The Hall–Kier alpha value is -6.94. The summed E-state index contributed by atoms with van der Waals surface area (Å²) in [6, 6.07) is 70.7. The highest BCUT2D eigenvalue weighted by Crippen LogP contribution is 2.63. The molecular formula is C53H32N2S. The minimum atomic E-state index is -0.426. The van der Waals surface area contributed by atoms with Gasteiger partial charge in [0.2, 0.25) is 0 Å². The number of fused-ring (bicyclic) bond motifs is 13. The Morgan fingerprint density at radius 1 is 0.357 bits per heavy atom. The minimum absolute atomic E-state index is 0.426.